The predicted molar refractivity (Wildman–Crippen MR) is 102 cm³/mol. The zero-order valence-electron chi connectivity index (χ0n) is 14.9. The average Bonchev–Trinajstić information content (AvgIpc) is 2.65. The summed E-state index contributed by atoms with van der Waals surface area (Å²) in [4.78, 5) is 12.4. The van der Waals surface area contributed by atoms with Crippen LogP contribution in [-0.4, -0.2) is 19.2 Å². The lowest BCUT2D eigenvalue weighted by Gasteiger charge is -2.23. The quantitative estimate of drug-likeness (QED) is 0.819. The SMILES string of the molecule is CC(C)C(NC(=O)NCc1ccc2c(c1)OCCO2)c1ccc(Cl)cc1. The standard InChI is InChI=1S/C20H23ClN2O3/c1-13(2)19(15-4-6-16(21)7-5-15)23-20(24)22-12-14-3-8-17-18(11-14)26-10-9-25-17/h3-8,11,13,19H,9-10,12H2,1-2H3,(H2,22,23,24). The Balaban J connectivity index is 1.59. The van der Waals surface area contributed by atoms with Gasteiger partial charge in [-0.3, -0.25) is 0 Å². The van der Waals surface area contributed by atoms with E-state index < -0.39 is 0 Å². The lowest BCUT2D eigenvalue weighted by atomic mass is 9.96. The van der Waals surface area contributed by atoms with E-state index in [4.69, 9.17) is 21.1 Å². The molecule has 2 aromatic carbocycles. The molecular formula is C20H23ClN2O3. The van der Waals surface area contributed by atoms with Crippen molar-refractivity contribution in [2.75, 3.05) is 13.2 Å². The Morgan fingerprint density at radius 2 is 1.77 bits per heavy atom. The highest BCUT2D eigenvalue weighted by molar-refractivity contribution is 6.30. The molecule has 2 N–H and O–H groups in total. The van der Waals surface area contributed by atoms with Gasteiger partial charge in [-0.25, -0.2) is 4.79 Å². The summed E-state index contributed by atoms with van der Waals surface area (Å²) < 4.78 is 11.1. The minimum atomic E-state index is -0.214. The molecule has 1 atom stereocenters. The summed E-state index contributed by atoms with van der Waals surface area (Å²) in [6.45, 7) is 5.66. The minimum Gasteiger partial charge on any atom is -0.486 e. The number of hydrogen-bond donors (Lipinski definition) is 2. The van der Waals surface area contributed by atoms with Crippen molar-refractivity contribution in [2.45, 2.75) is 26.4 Å². The van der Waals surface area contributed by atoms with Crippen LogP contribution >= 0.6 is 11.6 Å². The van der Waals surface area contributed by atoms with Crippen LogP contribution in [0.2, 0.25) is 5.02 Å². The Hall–Kier alpha value is -2.40. The molecule has 1 unspecified atom stereocenters. The molecule has 0 bridgehead atoms. The second-order valence-electron chi connectivity index (χ2n) is 6.58. The Kier molecular flexibility index (Phi) is 5.89. The van der Waals surface area contributed by atoms with Crippen molar-refractivity contribution in [2.24, 2.45) is 5.92 Å². The molecule has 1 aliphatic heterocycles. The van der Waals surface area contributed by atoms with Gasteiger partial charge in [-0.15, -0.1) is 0 Å². The molecule has 138 valence electrons. The zero-order valence-corrected chi connectivity index (χ0v) is 15.7. The fourth-order valence-corrected chi connectivity index (χ4v) is 3.00. The minimum absolute atomic E-state index is 0.0902. The summed E-state index contributed by atoms with van der Waals surface area (Å²) in [5, 5.41) is 6.62. The third-order valence-electron chi connectivity index (χ3n) is 4.24. The summed E-state index contributed by atoms with van der Waals surface area (Å²) in [5.74, 6) is 1.71. The zero-order chi connectivity index (χ0) is 18.5. The Bertz CT molecular complexity index is 762. The number of carbonyl (C=O) groups is 1. The Labute approximate surface area is 158 Å². The summed E-state index contributed by atoms with van der Waals surface area (Å²) in [6.07, 6.45) is 0. The molecule has 0 spiro atoms. The fraction of sp³-hybridized carbons (Fsp3) is 0.350. The van der Waals surface area contributed by atoms with E-state index in [1.54, 1.807) is 0 Å². The van der Waals surface area contributed by atoms with Crippen LogP contribution in [0.3, 0.4) is 0 Å². The van der Waals surface area contributed by atoms with E-state index in [1.807, 2.05) is 42.5 Å². The summed E-state index contributed by atoms with van der Waals surface area (Å²) in [5.41, 5.74) is 1.98. The molecule has 0 fully saturated rings. The molecule has 0 radical (unpaired) electrons. The van der Waals surface area contributed by atoms with Crippen LogP contribution in [0.15, 0.2) is 42.5 Å². The normalized spacial score (nSPS) is 14.0. The molecule has 0 aromatic heterocycles. The first-order chi connectivity index (χ1) is 12.5. The molecule has 1 heterocycles. The van der Waals surface area contributed by atoms with E-state index in [-0.39, 0.29) is 18.0 Å². The van der Waals surface area contributed by atoms with E-state index in [1.165, 1.54) is 0 Å². The molecular weight excluding hydrogens is 352 g/mol. The maximum Gasteiger partial charge on any atom is 0.315 e. The third-order valence-corrected chi connectivity index (χ3v) is 4.49. The lowest BCUT2D eigenvalue weighted by molar-refractivity contribution is 0.171. The van der Waals surface area contributed by atoms with Crippen LogP contribution in [0.4, 0.5) is 4.79 Å². The van der Waals surface area contributed by atoms with Gasteiger partial charge in [-0.05, 0) is 41.3 Å². The Morgan fingerprint density at radius 3 is 2.46 bits per heavy atom. The van der Waals surface area contributed by atoms with Gasteiger partial charge in [-0.2, -0.15) is 0 Å². The molecule has 0 saturated carbocycles. The molecule has 0 saturated heterocycles. The first kappa shape index (κ1) is 18.4. The second kappa shape index (κ2) is 8.32. The number of carbonyl (C=O) groups excluding carboxylic acids is 1. The van der Waals surface area contributed by atoms with E-state index in [0.29, 0.717) is 24.8 Å². The van der Waals surface area contributed by atoms with E-state index >= 15 is 0 Å². The van der Waals surface area contributed by atoms with Gasteiger partial charge in [0.05, 0.1) is 6.04 Å². The Morgan fingerprint density at radius 1 is 1.08 bits per heavy atom. The molecule has 26 heavy (non-hydrogen) atoms. The monoisotopic (exact) mass is 374 g/mol. The van der Waals surface area contributed by atoms with Crippen LogP contribution in [0.25, 0.3) is 0 Å². The van der Waals surface area contributed by atoms with E-state index in [0.717, 1.165) is 22.6 Å². The lowest BCUT2D eigenvalue weighted by Crippen LogP contribution is -2.39. The third kappa shape index (κ3) is 4.61. The van der Waals surface area contributed by atoms with Crippen LogP contribution in [0, 0.1) is 5.92 Å². The van der Waals surface area contributed by atoms with Gasteiger partial charge < -0.3 is 20.1 Å². The van der Waals surface area contributed by atoms with Crippen molar-refractivity contribution in [3.05, 3.63) is 58.6 Å². The summed E-state index contributed by atoms with van der Waals surface area (Å²) in [7, 11) is 0. The van der Waals surface area contributed by atoms with Gasteiger partial charge in [0.2, 0.25) is 0 Å². The molecule has 3 rings (SSSR count). The largest absolute Gasteiger partial charge is 0.486 e. The van der Waals surface area contributed by atoms with E-state index in [2.05, 4.69) is 24.5 Å². The highest BCUT2D eigenvalue weighted by Gasteiger charge is 2.18. The number of nitrogens with one attached hydrogen (secondary N) is 2. The fourth-order valence-electron chi connectivity index (χ4n) is 2.88. The molecule has 1 aliphatic rings. The van der Waals surface area contributed by atoms with E-state index in [9.17, 15) is 4.79 Å². The van der Waals surface area contributed by atoms with Crippen LogP contribution < -0.4 is 20.1 Å². The topological polar surface area (TPSA) is 59.6 Å². The van der Waals surface area contributed by atoms with Crippen LogP contribution in [0.5, 0.6) is 11.5 Å². The number of amides is 2. The number of halogens is 1. The first-order valence-corrected chi connectivity index (χ1v) is 9.09. The van der Waals surface area contributed by atoms with Gasteiger partial charge >= 0.3 is 6.03 Å². The second-order valence-corrected chi connectivity index (χ2v) is 7.01. The van der Waals surface area contributed by atoms with Crippen molar-refractivity contribution in [3.63, 3.8) is 0 Å². The summed E-state index contributed by atoms with van der Waals surface area (Å²) in [6, 6.07) is 12.9. The number of urea groups is 1. The van der Waals surface area contributed by atoms with Gasteiger partial charge in [0.25, 0.3) is 0 Å². The number of fused-ring (bicyclic) bond motifs is 1. The smallest absolute Gasteiger partial charge is 0.315 e. The number of benzene rings is 2. The molecule has 5 nitrogen and oxygen atoms in total. The van der Waals surface area contributed by atoms with Crippen LogP contribution in [-0.2, 0) is 6.54 Å². The van der Waals surface area contributed by atoms with Crippen molar-refractivity contribution in [1.82, 2.24) is 10.6 Å². The van der Waals surface area contributed by atoms with Gasteiger partial charge in [0.15, 0.2) is 11.5 Å². The molecule has 2 amide bonds. The molecule has 2 aromatic rings. The van der Waals surface area contributed by atoms with Gasteiger partial charge in [0, 0.05) is 11.6 Å². The number of rotatable bonds is 5. The van der Waals surface area contributed by atoms with Gasteiger partial charge in [0.1, 0.15) is 13.2 Å². The average molecular weight is 375 g/mol. The summed E-state index contributed by atoms with van der Waals surface area (Å²) >= 11 is 5.95. The highest BCUT2D eigenvalue weighted by Crippen LogP contribution is 2.30. The number of hydrogen-bond acceptors (Lipinski definition) is 3. The molecule has 0 aliphatic carbocycles. The maximum atomic E-state index is 12.4. The van der Waals surface area contributed by atoms with Crippen molar-refractivity contribution < 1.29 is 14.3 Å². The van der Waals surface area contributed by atoms with Crippen molar-refractivity contribution >= 4 is 17.6 Å². The molecule has 6 heteroatoms. The predicted octanol–water partition coefficient (Wildman–Crippen LogP) is 4.31. The van der Waals surface area contributed by atoms with Crippen molar-refractivity contribution in [3.8, 4) is 11.5 Å². The van der Waals surface area contributed by atoms with Crippen molar-refractivity contribution in [1.29, 1.82) is 0 Å². The van der Waals surface area contributed by atoms with Gasteiger partial charge in [-0.1, -0.05) is 43.6 Å². The van der Waals surface area contributed by atoms with Crippen LogP contribution in [0.1, 0.15) is 31.0 Å². The first-order valence-electron chi connectivity index (χ1n) is 8.71. The maximum absolute atomic E-state index is 12.4. The highest BCUT2D eigenvalue weighted by atomic mass is 35.5. The number of ether oxygens (including phenoxy) is 2.